The Hall–Kier alpha value is -3.41. The van der Waals surface area contributed by atoms with E-state index in [1.54, 1.807) is 36.4 Å². The maximum absolute atomic E-state index is 12.4. The summed E-state index contributed by atoms with van der Waals surface area (Å²) in [7, 11) is 0. The maximum atomic E-state index is 12.4. The number of amides is 2. The smallest absolute Gasteiger partial charge is 0.335 e. The lowest BCUT2D eigenvalue weighted by Gasteiger charge is -2.13. The lowest BCUT2D eigenvalue weighted by molar-refractivity contribution is -0.117. The van der Waals surface area contributed by atoms with Gasteiger partial charge >= 0.3 is 5.97 Å². The van der Waals surface area contributed by atoms with E-state index in [0.717, 1.165) is 0 Å². The zero-order valence-electron chi connectivity index (χ0n) is 11.9. The summed E-state index contributed by atoms with van der Waals surface area (Å²) in [5.74, 6) is -1.99. The average Bonchev–Trinajstić information content (AvgIpc) is 2.84. The van der Waals surface area contributed by atoms with Crippen molar-refractivity contribution in [3.8, 4) is 0 Å². The van der Waals surface area contributed by atoms with E-state index in [4.69, 9.17) is 5.11 Å². The number of nitrogens with zero attached hydrogens (tertiary/aromatic N) is 1. The fourth-order valence-corrected chi connectivity index (χ4v) is 2.20. The lowest BCUT2D eigenvalue weighted by atomic mass is 10.1. The van der Waals surface area contributed by atoms with Gasteiger partial charge in [-0.2, -0.15) is 0 Å². The molecule has 2 aromatic rings. The van der Waals surface area contributed by atoms with Gasteiger partial charge in [0.1, 0.15) is 5.57 Å². The summed E-state index contributed by atoms with van der Waals surface area (Å²) in [6.45, 7) is 0. The van der Waals surface area contributed by atoms with Gasteiger partial charge in [-0.05, 0) is 35.9 Å². The number of hydrazine groups is 1. The molecule has 0 spiro atoms. The topological polar surface area (TPSA) is 86.7 Å². The van der Waals surface area contributed by atoms with Gasteiger partial charge in [-0.15, -0.1) is 0 Å². The number of rotatable bonds is 3. The first-order valence-corrected chi connectivity index (χ1v) is 6.82. The molecule has 2 amide bonds. The Morgan fingerprint density at radius 2 is 1.65 bits per heavy atom. The molecule has 114 valence electrons. The number of benzene rings is 2. The molecule has 6 nitrogen and oxygen atoms in total. The summed E-state index contributed by atoms with van der Waals surface area (Å²) in [6, 6.07) is 14.7. The number of anilines is 1. The second-order valence-electron chi connectivity index (χ2n) is 4.90. The number of carboxylic acid groups (broad SMARTS) is 1. The van der Waals surface area contributed by atoms with E-state index in [1.165, 1.54) is 23.2 Å². The third kappa shape index (κ3) is 2.82. The van der Waals surface area contributed by atoms with E-state index in [9.17, 15) is 14.4 Å². The van der Waals surface area contributed by atoms with Gasteiger partial charge in [-0.3, -0.25) is 15.0 Å². The molecule has 1 fully saturated rings. The van der Waals surface area contributed by atoms with Crippen molar-refractivity contribution in [1.82, 2.24) is 5.43 Å². The first-order valence-electron chi connectivity index (χ1n) is 6.82. The van der Waals surface area contributed by atoms with E-state index in [0.29, 0.717) is 11.3 Å². The first-order chi connectivity index (χ1) is 11.1. The van der Waals surface area contributed by atoms with Crippen molar-refractivity contribution >= 4 is 29.5 Å². The predicted molar refractivity (Wildman–Crippen MR) is 83.4 cm³/mol. The normalized spacial score (nSPS) is 15.8. The molecule has 23 heavy (non-hydrogen) atoms. The molecule has 1 aliphatic rings. The van der Waals surface area contributed by atoms with Crippen LogP contribution >= 0.6 is 0 Å². The Labute approximate surface area is 131 Å². The van der Waals surface area contributed by atoms with Gasteiger partial charge in [0.25, 0.3) is 11.8 Å². The fourth-order valence-electron chi connectivity index (χ4n) is 2.20. The molecule has 1 heterocycles. The lowest BCUT2D eigenvalue weighted by Crippen LogP contribution is -2.35. The van der Waals surface area contributed by atoms with E-state index in [-0.39, 0.29) is 11.1 Å². The van der Waals surface area contributed by atoms with Gasteiger partial charge in [-0.25, -0.2) is 9.80 Å². The Morgan fingerprint density at radius 1 is 1.00 bits per heavy atom. The van der Waals surface area contributed by atoms with Crippen LogP contribution in [0.25, 0.3) is 6.08 Å². The molecular weight excluding hydrogens is 296 g/mol. The van der Waals surface area contributed by atoms with Crippen LogP contribution in [0.5, 0.6) is 0 Å². The van der Waals surface area contributed by atoms with Crippen LogP contribution in [0.15, 0.2) is 60.2 Å². The number of carboxylic acids is 1. The van der Waals surface area contributed by atoms with Crippen molar-refractivity contribution in [3.05, 3.63) is 71.3 Å². The minimum Gasteiger partial charge on any atom is -0.478 e. The molecular formula is C17H12N2O4. The average molecular weight is 308 g/mol. The molecule has 0 bridgehead atoms. The molecule has 0 aromatic heterocycles. The van der Waals surface area contributed by atoms with Gasteiger partial charge in [0.15, 0.2) is 0 Å². The van der Waals surface area contributed by atoms with Crippen molar-refractivity contribution in [2.24, 2.45) is 0 Å². The van der Waals surface area contributed by atoms with Crippen LogP contribution in [0.3, 0.4) is 0 Å². The standard InChI is InChI=1S/C17H12N2O4/c20-15-14(10-11-6-8-12(9-7-11)17(22)23)16(21)19(18-15)13-4-2-1-3-5-13/h1-10H,(H,18,20)(H,22,23)/b14-10+. The molecule has 0 radical (unpaired) electrons. The third-order valence-corrected chi connectivity index (χ3v) is 3.37. The number of hydrogen-bond acceptors (Lipinski definition) is 3. The van der Waals surface area contributed by atoms with Crippen LogP contribution in [0, 0.1) is 0 Å². The van der Waals surface area contributed by atoms with E-state index in [2.05, 4.69) is 5.43 Å². The Morgan fingerprint density at radius 3 is 2.26 bits per heavy atom. The molecule has 1 aliphatic heterocycles. The SMILES string of the molecule is O=C1NN(c2ccccc2)C(=O)/C1=C/c1ccc(C(=O)O)cc1. The van der Waals surface area contributed by atoms with Crippen molar-refractivity contribution in [2.45, 2.75) is 0 Å². The molecule has 0 unspecified atom stereocenters. The minimum absolute atomic E-state index is 0.00284. The summed E-state index contributed by atoms with van der Waals surface area (Å²) in [5.41, 5.74) is 3.78. The van der Waals surface area contributed by atoms with E-state index >= 15 is 0 Å². The third-order valence-electron chi connectivity index (χ3n) is 3.37. The molecule has 1 saturated heterocycles. The van der Waals surface area contributed by atoms with Gasteiger partial charge in [0.2, 0.25) is 0 Å². The summed E-state index contributed by atoms with van der Waals surface area (Å²) in [4.78, 5) is 35.2. The number of aromatic carboxylic acids is 1. The van der Waals surface area contributed by atoms with Gasteiger partial charge in [0.05, 0.1) is 11.3 Å². The van der Waals surface area contributed by atoms with Crippen LogP contribution < -0.4 is 10.4 Å². The van der Waals surface area contributed by atoms with Crippen molar-refractivity contribution in [3.63, 3.8) is 0 Å². The number of hydrogen-bond donors (Lipinski definition) is 2. The number of para-hydroxylation sites is 1. The second kappa shape index (κ2) is 5.76. The van der Waals surface area contributed by atoms with Gasteiger partial charge in [-0.1, -0.05) is 30.3 Å². The van der Waals surface area contributed by atoms with Crippen molar-refractivity contribution < 1.29 is 19.5 Å². The minimum atomic E-state index is -1.03. The zero-order chi connectivity index (χ0) is 16.4. The van der Waals surface area contributed by atoms with Crippen LogP contribution in [0.2, 0.25) is 0 Å². The molecule has 2 aromatic carbocycles. The van der Waals surface area contributed by atoms with Crippen LogP contribution in [0.1, 0.15) is 15.9 Å². The Bertz CT molecular complexity index is 810. The monoisotopic (exact) mass is 308 g/mol. The van der Waals surface area contributed by atoms with Crippen LogP contribution in [0.4, 0.5) is 5.69 Å². The summed E-state index contributed by atoms with van der Waals surface area (Å²) < 4.78 is 0. The summed E-state index contributed by atoms with van der Waals surface area (Å²) >= 11 is 0. The highest BCUT2D eigenvalue weighted by atomic mass is 16.4. The molecule has 0 saturated carbocycles. The Balaban J connectivity index is 1.89. The van der Waals surface area contributed by atoms with Crippen molar-refractivity contribution in [2.75, 3.05) is 5.01 Å². The molecule has 3 rings (SSSR count). The highest BCUT2D eigenvalue weighted by molar-refractivity contribution is 6.31. The number of carbonyl (C=O) groups excluding carboxylic acids is 2. The Kier molecular flexibility index (Phi) is 3.64. The molecule has 0 atom stereocenters. The maximum Gasteiger partial charge on any atom is 0.335 e. The van der Waals surface area contributed by atoms with Crippen LogP contribution in [-0.4, -0.2) is 22.9 Å². The highest BCUT2D eigenvalue weighted by Gasteiger charge is 2.34. The van der Waals surface area contributed by atoms with E-state index in [1.807, 2.05) is 6.07 Å². The first kappa shape index (κ1) is 14.5. The summed E-state index contributed by atoms with van der Waals surface area (Å²) in [5, 5.41) is 10.0. The largest absolute Gasteiger partial charge is 0.478 e. The quantitative estimate of drug-likeness (QED) is 0.669. The van der Waals surface area contributed by atoms with Crippen molar-refractivity contribution in [1.29, 1.82) is 0 Å². The molecule has 6 heteroatoms. The predicted octanol–water partition coefficient (Wildman–Crippen LogP) is 1.85. The molecule has 0 aliphatic carbocycles. The fraction of sp³-hybridized carbons (Fsp3) is 0. The van der Waals surface area contributed by atoms with Gasteiger partial charge < -0.3 is 5.11 Å². The number of carbonyl (C=O) groups is 3. The second-order valence-corrected chi connectivity index (χ2v) is 4.90. The highest BCUT2D eigenvalue weighted by Crippen LogP contribution is 2.21. The number of nitrogens with one attached hydrogen (secondary N) is 1. The van der Waals surface area contributed by atoms with E-state index < -0.39 is 17.8 Å². The zero-order valence-corrected chi connectivity index (χ0v) is 11.9. The van der Waals surface area contributed by atoms with Crippen LogP contribution in [-0.2, 0) is 9.59 Å². The van der Waals surface area contributed by atoms with Gasteiger partial charge in [0, 0.05) is 0 Å². The molecule has 2 N–H and O–H groups in total. The summed E-state index contributed by atoms with van der Waals surface area (Å²) in [6.07, 6.45) is 1.44.